The summed E-state index contributed by atoms with van der Waals surface area (Å²) in [5.74, 6) is 1.61. The number of fused-ring (bicyclic) bond motifs is 3. The average Bonchev–Trinajstić information content (AvgIpc) is 2.92. The van der Waals surface area contributed by atoms with E-state index in [1.165, 1.54) is 16.9 Å². The molecule has 1 unspecified atom stereocenters. The number of nitriles is 1. The van der Waals surface area contributed by atoms with Crippen LogP contribution in [-0.4, -0.2) is 15.3 Å². The van der Waals surface area contributed by atoms with Crippen LogP contribution in [0.15, 0.2) is 9.95 Å². The van der Waals surface area contributed by atoms with E-state index in [-0.39, 0.29) is 5.56 Å². The van der Waals surface area contributed by atoms with Crippen molar-refractivity contribution in [3.05, 3.63) is 20.8 Å². The molecule has 2 aromatic heterocycles. The fourth-order valence-electron chi connectivity index (χ4n) is 3.26. The molecule has 3 rings (SSSR count). The van der Waals surface area contributed by atoms with Gasteiger partial charge in [0, 0.05) is 23.6 Å². The fourth-order valence-corrected chi connectivity index (χ4v) is 5.75. The van der Waals surface area contributed by atoms with Gasteiger partial charge in [0.25, 0.3) is 5.56 Å². The lowest BCUT2D eigenvalue weighted by Crippen LogP contribution is -2.23. The second-order valence-electron chi connectivity index (χ2n) is 6.44. The number of aryl methyl sites for hydroxylation is 1. The summed E-state index contributed by atoms with van der Waals surface area (Å²) in [6.07, 6.45) is 5.75. The van der Waals surface area contributed by atoms with Gasteiger partial charge in [-0.05, 0) is 50.5 Å². The van der Waals surface area contributed by atoms with Crippen LogP contribution in [0, 0.1) is 17.2 Å². The van der Waals surface area contributed by atoms with Crippen LogP contribution in [-0.2, 0) is 19.4 Å². The van der Waals surface area contributed by atoms with Crippen molar-refractivity contribution in [3.63, 3.8) is 0 Å². The minimum absolute atomic E-state index is 0.133. The van der Waals surface area contributed by atoms with Crippen molar-refractivity contribution in [1.29, 1.82) is 5.26 Å². The van der Waals surface area contributed by atoms with Crippen LogP contribution in [0.25, 0.3) is 10.2 Å². The Morgan fingerprint density at radius 1 is 1.46 bits per heavy atom. The van der Waals surface area contributed by atoms with Gasteiger partial charge in [-0.3, -0.25) is 9.36 Å². The van der Waals surface area contributed by atoms with E-state index in [0.717, 1.165) is 46.8 Å². The van der Waals surface area contributed by atoms with E-state index in [9.17, 15) is 4.79 Å². The summed E-state index contributed by atoms with van der Waals surface area (Å²) in [6, 6.07) is 2.18. The van der Waals surface area contributed by atoms with E-state index in [2.05, 4.69) is 13.0 Å². The topological polar surface area (TPSA) is 58.7 Å². The van der Waals surface area contributed by atoms with Gasteiger partial charge in [0.2, 0.25) is 0 Å². The zero-order chi connectivity index (χ0) is 17.1. The monoisotopic (exact) mass is 361 g/mol. The number of thiophene rings is 1. The summed E-state index contributed by atoms with van der Waals surface area (Å²) < 4.78 is 1.82. The summed E-state index contributed by atoms with van der Waals surface area (Å²) in [5.41, 5.74) is 1.40. The first-order chi connectivity index (χ1) is 11.7. The molecule has 1 atom stereocenters. The lowest BCUT2D eigenvalue weighted by Gasteiger charge is -2.17. The largest absolute Gasteiger partial charge is 0.287 e. The molecule has 0 spiro atoms. The smallest absolute Gasteiger partial charge is 0.263 e. The summed E-state index contributed by atoms with van der Waals surface area (Å²) in [5, 5.41) is 10.3. The van der Waals surface area contributed by atoms with Crippen LogP contribution < -0.4 is 5.56 Å². The third-order valence-corrected chi connectivity index (χ3v) is 6.82. The van der Waals surface area contributed by atoms with Gasteiger partial charge in [-0.1, -0.05) is 18.7 Å². The Labute approximate surface area is 150 Å². The Bertz CT molecular complexity index is 831. The van der Waals surface area contributed by atoms with Gasteiger partial charge in [0.05, 0.1) is 11.5 Å². The first kappa shape index (κ1) is 17.5. The maximum absolute atomic E-state index is 13.0. The molecule has 0 radical (unpaired) electrons. The average molecular weight is 362 g/mol. The van der Waals surface area contributed by atoms with E-state index in [1.54, 1.807) is 23.1 Å². The van der Waals surface area contributed by atoms with Crippen LogP contribution in [0.3, 0.4) is 0 Å². The normalized spacial score (nSPS) is 17.0. The minimum atomic E-state index is 0.133. The Morgan fingerprint density at radius 2 is 2.29 bits per heavy atom. The zero-order valence-corrected chi connectivity index (χ0v) is 15.9. The summed E-state index contributed by atoms with van der Waals surface area (Å²) in [7, 11) is 0. The highest BCUT2D eigenvalue weighted by atomic mass is 32.2. The van der Waals surface area contributed by atoms with E-state index < -0.39 is 0 Å². The molecule has 2 aromatic rings. The second-order valence-corrected chi connectivity index (χ2v) is 8.59. The quantitative estimate of drug-likeness (QED) is 0.435. The first-order valence-corrected chi connectivity index (χ1v) is 10.5. The maximum atomic E-state index is 13.0. The predicted octanol–water partition coefficient (Wildman–Crippen LogP) is 4.39. The van der Waals surface area contributed by atoms with Crippen LogP contribution in [0.2, 0.25) is 0 Å². The van der Waals surface area contributed by atoms with E-state index in [4.69, 9.17) is 10.2 Å². The number of unbranched alkanes of at least 4 members (excludes halogenated alkanes) is 2. The van der Waals surface area contributed by atoms with Crippen molar-refractivity contribution in [1.82, 2.24) is 9.55 Å². The van der Waals surface area contributed by atoms with Crippen molar-refractivity contribution in [2.45, 2.75) is 64.1 Å². The van der Waals surface area contributed by atoms with Crippen molar-refractivity contribution in [3.8, 4) is 6.07 Å². The van der Waals surface area contributed by atoms with E-state index in [0.29, 0.717) is 18.9 Å². The molecule has 0 N–H and O–H groups in total. The Morgan fingerprint density at radius 3 is 3.04 bits per heavy atom. The van der Waals surface area contributed by atoms with Crippen LogP contribution in [0.1, 0.15) is 50.0 Å². The lowest BCUT2D eigenvalue weighted by molar-refractivity contribution is 0.509. The lowest BCUT2D eigenvalue weighted by atomic mass is 9.89. The van der Waals surface area contributed by atoms with Gasteiger partial charge in [0.15, 0.2) is 5.16 Å². The van der Waals surface area contributed by atoms with Crippen molar-refractivity contribution in [2.24, 2.45) is 5.92 Å². The molecule has 0 aromatic carbocycles. The third kappa shape index (κ3) is 3.38. The van der Waals surface area contributed by atoms with Gasteiger partial charge in [-0.2, -0.15) is 5.26 Å². The zero-order valence-electron chi connectivity index (χ0n) is 14.3. The van der Waals surface area contributed by atoms with Crippen LogP contribution >= 0.6 is 23.1 Å². The molecule has 0 aliphatic heterocycles. The van der Waals surface area contributed by atoms with Gasteiger partial charge in [0.1, 0.15) is 4.83 Å². The molecular weight excluding hydrogens is 338 g/mol. The highest BCUT2D eigenvalue weighted by Crippen LogP contribution is 2.36. The van der Waals surface area contributed by atoms with Crippen LogP contribution in [0.4, 0.5) is 0 Å². The number of hydrogen-bond acceptors (Lipinski definition) is 5. The molecule has 0 bridgehead atoms. The van der Waals surface area contributed by atoms with Gasteiger partial charge in [-0.15, -0.1) is 11.3 Å². The van der Waals surface area contributed by atoms with Crippen LogP contribution in [0.5, 0.6) is 0 Å². The number of aromatic nitrogens is 2. The number of nitrogens with zero attached hydrogens (tertiary/aromatic N) is 3. The SMILES string of the molecule is CCn1c(SCCCCC#N)nc2sc3c(c2c1=O)CCC(C)C3. The number of thioether (sulfide) groups is 1. The second kappa shape index (κ2) is 7.71. The Kier molecular flexibility index (Phi) is 5.62. The molecule has 2 heterocycles. The Hall–Kier alpha value is -1.32. The molecule has 4 nitrogen and oxygen atoms in total. The molecule has 0 saturated carbocycles. The summed E-state index contributed by atoms with van der Waals surface area (Å²) >= 11 is 3.36. The molecule has 128 valence electrons. The Balaban J connectivity index is 1.93. The standard InChI is InChI=1S/C18H23N3OS2/c1-3-21-17(22)15-13-8-7-12(2)11-14(13)24-16(15)20-18(21)23-10-6-4-5-9-19/h12H,3-8,10-11H2,1-2H3. The number of hydrogen-bond donors (Lipinski definition) is 0. The van der Waals surface area contributed by atoms with Gasteiger partial charge in [-0.25, -0.2) is 4.98 Å². The maximum Gasteiger partial charge on any atom is 0.263 e. The minimum Gasteiger partial charge on any atom is -0.287 e. The van der Waals surface area contributed by atoms with Gasteiger partial charge >= 0.3 is 0 Å². The van der Waals surface area contributed by atoms with Crippen molar-refractivity contribution in [2.75, 3.05) is 5.75 Å². The molecule has 0 saturated heterocycles. The third-order valence-electron chi connectivity index (χ3n) is 4.61. The highest BCUT2D eigenvalue weighted by Gasteiger charge is 2.24. The predicted molar refractivity (Wildman–Crippen MR) is 101 cm³/mol. The molecule has 0 fully saturated rings. The summed E-state index contributed by atoms with van der Waals surface area (Å²) in [6.45, 7) is 4.95. The summed E-state index contributed by atoms with van der Waals surface area (Å²) in [4.78, 5) is 20.1. The first-order valence-electron chi connectivity index (χ1n) is 8.70. The molecule has 24 heavy (non-hydrogen) atoms. The van der Waals surface area contributed by atoms with E-state index >= 15 is 0 Å². The molecule has 1 aliphatic rings. The molecule has 0 amide bonds. The molecule has 1 aliphatic carbocycles. The van der Waals surface area contributed by atoms with Gasteiger partial charge < -0.3 is 0 Å². The number of rotatable bonds is 6. The fraction of sp³-hybridized carbons (Fsp3) is 0.611. The highest BCUT2D eigenvalue weighted by molar-refractivity contribution is 7.99. The van der Waals surface area contributed by atoms with Crippen molar-refractivity contribution < 1.29 is 0 Å². The van der Waals surface area contributed by atoms with Crippen molar-refractivity contribution >= 4 is 33.3 Å². The van der Waals surface area contributed by atoms with E-state index in [1.807, 2.05) is 11.5 Å². The molecule has 6 heteroatoms. The molecular formula is C18H23N3OS2.